The zero-order valence-corrected chi connectivity index (χ0v) is 15.4. The van der Waals surface area contributed by atoms with Crippen molar-refractivity contribution in [3.8, 4) is 0 Å². The summed E-state index contributed by atoms with van der Waals surface area (Å²) in [5.41, 5.74) is 2.00. The molecular weight excluding hydrogens is 284 g/mol. The maximum Gasteiger partial charge on any atom is 0.338 e. The van der Waals surface area contributed by atoms with E-state index in [1.807, 2.05) is 12.1 Å². The largest absolute Gasteiger partial charge is 0.455 e. The van der Waals surface area contributed by atoms with Crippen molar-refractivity contribution >= 4 is 5.97 Å². The van der Waals surface area contributed by atoms with Crippen molar-refractivity contribution in [2.45, 2.75) is 84.7 Å². The fourth-order valence-electron chi connectivity index (χ4n) is 4.00. The first-order valence-corrected chi connectivity index (χ1v) is 9.14. The highest BCUT2D eigenvalue weighted by molar-refractivity contribution is 5.89. The first-order valence-electron chi connectivity index (χ1n) is 9.14. The normalized spacial score (nSPS) is 18.7. The molecule has 0 amide bonds. The van der Waals surface area contributed by atoms with Crippen LogP contribution in [0.1, 0.15) is 95.0 Å². The number of esters is 1. The Morgan fingerprint density at radius 3 is 2.13 bits per heavy atom. The predicted octanol–water partition coefficient (Wildman–Crippen LogP) is 6.11. The molecule has 1 atom stereocenters. The van der Waals surface area contributed by atoms with E-state index in [2.05, 4.69) is 46.8 Å². The lowest BCUT2D eigenvalue weighted by atomic mass is 9.75. The van der Waals surface area contributed by atoms with E-state index in [0.717, 1.165) is 25.7 Å². The Kier molecular flexibility index (Phi) is 5.54. The molecule has 0 aliphatic heterocycles. The monoisotopic (exact) mass is 316 g/mol. The zero-order valence-electron chi connectivity index (χ0n) is 15.4. The average Bonchev–Trinajstić information content (AvgIpc) is 2.96. The number of rotatable bonds is 5. The molecule has 0 spiro atoms. The lowest BCUT2D eigenvalue weighted by Gasteiger charge is -2.30. The van der Waals surface area contributed by atoms with Gasteiger partial charge in [-0.2, -0.15) is 0 Å². The van der Waals surface area contributed by atoms with Crippen LogP contribution in [0.2, 0.25) is 0 Å². The van der Waals surface area contributed by atoms with Crippen molar-refractivity contribution in [1.82, 2.24) is 0 Å². The summed E-state index contributed by atoms with van der Waals surface area (Å²) >= 11 is 0. The number of carbonyl (C=O) groups excluding carboxylic acids is 1. The van der Waals surface area contributed by atoms with Crippen molar-refractivity contribution in [1.29, 1.82) is 0 Å². The zero-order chi connectivity index (χ0) is 17.1. The Balaban J connectivity index is 2.11. The minimum absolute atomic E-state index is 0.163. The summed E-state index contributed by atoms with van der Waals surface area (Å²) in [6, 6.07) is 8.07. The Bertz CT molecular complexity index is 516. The van der Waals surface area contributed by atoms with Gasteiger partial charge < -0.3 is 4.74 Å². The minimum Gasteiger partial charge on any atom is -0.455 e. The van der Waals surface area contributed by atoms with E-state index in [0.29, 0.717) is 11.5 Å². The van der Waals surface area contributed by atoms with Crippen LogP contribution in [0.5, 0.6) is 0 Å². The minimum atomic E-state index is -0.215. The summed E-state index contributed by atoms with van der Waals surface area (Å²) in [5.74, 6) is 0.341. The summed E-state index contributed by atoms with van der Waals surface area (Å²) in [4.78, 5) is 12.5. The highest BCUT2D eigenvalue weighted by Gasteiger charge is 2.36. The molecule has 1 aromatic rings. The van der Waals surface area contributed by atoms with Crippen LogP contribution in [0.4, 0.5) is 0 Å². The van der Waals surface area contributed by atoms with Crippen LogP contribution in [0.25, 0.3) is 0 Å². The highest BCUT2D eigenvalue weighted by atomic mass is 16.6. The highest BCUT2D eigenvalue weighted by Crippen LogP contribution is 2.38. The molecule has 0 radical (unpaired) electrons. The number of hydrogen-bond donors (Lipinski definition) is 0. The number of carbonyl (C=O) groups is 1. The molecule has 1 aromatic carbocycles. The van der Waals surface area contributed by atoms with Gasteiger partial charge in [0, 0.05) is 0 Å². The fourth-order valence-corrected chi connectivity index (χ4v) is 4.00. The second-order valence-electron chi connectivity index (χ2n) is 8.08. The molecule has 1 aliphatic rings. The van der Waals surface area contributed by atoms with Gasteiger partial charge >= 0.3 is 5.97 Å². The van der Waals surface area contributed by atoms with Gasteiger partial charge in [0.15, 0.2) is 0 Å². The summed E-state index contributed by atoms with van der Waals surface area (Å²) in [6.45, 7) is 11.2. The first kappa shape index (κ1) is 18.0. The van der Waals surface area contributed by atoms with Crippen molar-refractivity contribution in [2.24, 2.45) is 5.41 Å². The SMILES string of the molecule is CCC(c1ccc(C(=O)OC2(CC)CCCC2)cc1)C(C)(C)C. The molecule has 2 rings (SSSR count). The standard InChI is InChI=1S/C21H32O2/c1-6-18(20(3,4)5)16-10-12-17(13-11-16)19(22)23-21(7-2)14-8-9-15-21/h10-13,18H,6-9,14-15H2,1-5H3. The van der Waals surface area contributed by atoms with Gasteiger partial charge in [0.25, 0.3) is 0 Å². The van der Waals surface area contributed by atoms with E-state index in [4.69, 9.17) is 4.74 Å². The van der Waals surface area contributed by atoms with Gasteiger partial charge in [-0.1, -0.05) is 46.8 Å². The molecule has 2 heteroatoms. The van der Waals surface area contributed by atoms with E-state index in [9.17, 15) is 4.79 Å². The first-order chi connectivity index (χ1) is 10.8. The molecule has 1 aliphatic carbocycles. The van der Waals surface area contributed by atoms with Crippen molar-refractivity contribution in [3.05, 3.63) is 35.4 Å². The van der Waals surface area contributed by atoms with Crippen molar-refractivity contribution < 1.29 is 9.53 Å². The molecule has 128 valence electrons. The van der Waals surface area contributed by atoms with Gasteiger partial charge in [-0.3, -0.25) is 0 Å². The van der Waals surface area contributed by atoms with E-state index in [1.54, 1.807) is 0 Å². The number of benzene rings is 1. The van der Waals surface area contributed by atoms with Crippen LogP contribution in [0.15, 0.2) is 24.3 Å². The molecule has 1 fully saturated rings. The third-order valence-electron chi connectivity index (χ3n) is 5.47. The van der Waals surface area contributed by atoms with Crippen LogP contribution < -0.4 is 0 Å². The van der Waals surface area contributed by atoms with Crippen LogP contribution in [-0.4, -0.2) is 11.6 Å². The van der Waals surface area contributed by atoms with E-state index < -0.39 is 0 Å². The maximum absolute atomic E-state index is 12.5. The van der Waals surface area contributed by atoms with Gasteiger partial charge in [0.05, 0.1) is 5.56 Å². The van der Waals surface area contributed by atoms with Crippen LogP contribution in [-0.2, 0) is 4.74 Å². The Morgan fingerprint density at radius 2 is 1.70 bits per heavy atom. The quantitative estimate of drug-likeness (QED) is 0.613. The summed E-state index contributed by atoms with van der Waals surface area (Å²) in [7, 11) is 0. The molecule has 0 aromatic heterocycles. The third kappa shape index (κ3) is 4.16. The second kappa shape index (κ2) is 7.07. The molecule has 2 nitrogen and oxygen atoms in total. The van der Waals surface area contributed by atoms with Gasteiger partial charge in [0.1, 0.15) is 5.60 Å². The van der Waals surface area contributed by atoms with Crippen LogP contribution in [0, 0.1) is 5.41 Å². The third-order valence-corrected chi connectivity index (χ3v) is 5.47. The Morgan fingerprint density at radius 1 is 1.13 bits per heavy atom. The summed E-state index contributed by atoms with van der Waals surface area (Å²) in [6.07, 6.45) is 6.38. The Hall–Kier alpha value is -1.31. The lowest BCUT2D eigenvalue weighted by molar-refractivity contribution is -0.0172. The van der Waals surface area contributed by atoms with E-state index >= 15 is 0 Å². The average molecular weight is 316 g/mol. The van der Waals surface area contributed by atoms with Crippen molar-refractivity contribution in [2.75, 3.05) is 0 Å². The fraction of sp³-hybridized carbons (Fsp3) is 0.667. The van der Waals surface area contributed by atoms with E-state index in [-0.39, 0.29) is 17.0 Å². The summed E-state index contributed by atoms with van der Waals surface area (Å²) < 4.78 is 5.89. The molecule has 0 heterocycles. The molecule has 0 saturated heterocycles. The molecule has 23 heavy (non-hydrogen) atoms. The van der Waals surface area contributed by atoms with Gasteiger partial charge in [-0.05, 0) is 67.6 Å². The molecule has 0 N–H and O–H groups in total. The van der Waals surface area contributed by atoms with Crippen LogP contribution in [0.3, 0.4) is 0 Å². The van der Waals surface area contributed by atoms with Crippen LogP contribution >= 0.6 is 0 Å². The topological polar surface area (TPSA) is 26.3 Å². The molecular formula is C21H32O2. The van der Waals surface area contributed by atoms with Gasteiger partial charge in [-0.25, -0.2) is 4.79 Å². The summed E-state index contributed by atoms with van der Waals surface area (Å²) in [5, 5.41) is 0. The van der Waals surface area contributed by atoms with E-state index in [1.165, 1.54) is 18.4 Å². The number of hydrogen-bond acceptors (Lipinski definition) is 2. The lowest BCUT2D eigenvalue weighted by Crippen LogP contribution is -2.31. The molecule has 1 unspecified atom stereocenters. The predicted molar refractivity (Wildman–Crippen MR) is 95.8 cm³/mol. The molecule has 0 bridgehead atoms. The smallest absolute Gasteiger partial charge is 0.338 e. The van der Waals surface area contributed by atoms with Gasteiger partial charge in [-0.15, -0.1) is 0 Å². The van der Waals surface area contributed by atoms with Gasteiger partial charge in [0.2, 0.25) is 0 Å². The number of ether oxygens (including phenoxy) is 1. The second-order valence-corrected chi connectivity index (χ2v) is 8.08. The Labute approximate surface area is 141 Å². The molecule has 1 saturated carbocycles. The van der Waals surface area contributed by atoms with Crippen molar-refractivity contribution in [3.63, 3.8) is 0 Å². The maximum atomic E-state index is 12.5.